The fourth-order valence-corrected chi connectivity index (χ4v) is 3.44. The van der Waals surface area contributed by atoms with Gasteiger partial charge in [0.05, 0.1) is 12.1 Å². The van der Waals surface area contributed by atoms with Crippen LogP contribution < -0.4 is 11.2 Å². The van der Waals surface area contributed by atoms with E-state index in [1.54, 1.807) is 42.8 Å². The van der Waals surface area contributed by atoms with Crippen LogP contribution in [0.15, 0.2) is 45.4 Å². The highest BCUT2D eigenvalue weighted by Gasteiger charge is 2.18. The molecule has 0 aliphatic heterocycles. The normalized spacial score (nSPS) is 11.7. The number of rotatable bonds is 3. The molecule has 0 spiro atoms. The van der Waals surface area contributed by atoms with E-state index in [9.17, 15) is 14.4 Å². The zero-order valence-corrected chi connectivity index (χ0v) is 15.9. The van der Waals surface area contributed by atoms with E-state index in [0.29, 0.717) is 16.0 Å². The molecule has 2 aromatic heterocycles. The minimum absolute atomic E-state index is 0.145. The van der Waals surface area contributed by atoms with Gasteiger partial charge >= 0.3 is 11.7 Å². The van der Waals surface area contributed by atoms with Crippen LogP contribution in [0.25, 0.3) is 4.83 Å². The zero-order chi connectivity index (χ0) is 19.1. The summed E-state index contributed by atoms with van der Waals surface area (Å²) in [5, 5.41) is 1.78. The van der Waals surface area contributed by atoms with Crippen LogP contribution in [0.3, 0.4) is 0 Å². The van der Waals surface area contributed by atoms with Gasteiger partial charge in [0.15, 0.2) is 0 Å². The highest BCUT2D eigenvalue weighted by Crippen LogP contribution is 2.14. The summed E-state index contributed by atoms with van der Waals surface area (Å²) in [6, 6.07) is 6.73. The van der Waals surface area contributed by atoms with Crippen LogP contribution in [0, 0.1) is 6.92 Å². The van der Waals surface area contributed by atoms with Crippen LogP contribution >= 0.6 is 11.3 Å². The molecule has 3 aromatic rings. The van der Waals surface area contributed by atoms with E-state index in [1.807, 2.05) is 20.8 Å². The molecule has 0 unspecified atom stereocenters. The largest absolute Gasteiger partial charge is 0.456 e. The molecule has 7 heteroatoms. The second kappa shape index (κ2) is 6.57. The molecule has 0 aliphatic carbocycles. The van der Waals surface area contributed by atoms with Gasteiger partial charge < -0.3 is 4.74 Å². The van der Waals surface area contributed by atoms with E-state index in [-0.39, 0.29) is 17.8 Å². The molecular weight excluding hydrogens is 352 g/mol. The van der Waals surface area contributed by atoms with Crippen LogP contribution in [0.5, 0.6) is 0 Å². The number of carbonyl (C=O) groups is 1. The molecule has 26 heavy (non-hydrogen) atoms. The summed E-state index contributed by atoms with van der Waals surface area (Å²) in [6.07, 6.45) is 1.66. The third-order valence-electron chi connectivity index (χ3n) is 3.86. The number of nitrogens with zero attached hydrogens (tertiary/aromatic N) is 2. The smallest absolute Gasteiger partial charge is 0.338 e. The molecule has 0 N–H and O–H groups in total. The van der Waals surface area contributed by atoms with Gasteiger partial charge in [-0.2, -0.15) is 0 Å². The van der Waals surface area contributed by atoms with Gasteiger partial charge in [-0.05, 0) is 45.4 Å². The summed E-state index contributed by atoms with van der Waals surface area (Å²) >= 11 is 1.37. The molecule has 0 aliphatic rings. The molecule has 0 amide bonds. The van der Waals surface area contributed by atoms with E-state index in [4.69, 9.17) is 4.74 Å². The Hall–Kier alpha value is -2.67. The van der Waals surface area contributed by atoms with Crippen LogP contribution in [-0.2, 0) is 11.3 Å². The average Bonchev–Trinajstić information content (AvgIpc) is 3.06. The third-order valence-corrected chi connectivity index (χ3v) is 4.85. The maximum Gasteiger partial charge on any atom is 0.338 e. The molecule has 1 aromatic carbocycles. The molecular formula is C19H20N2O4S. The van der Waals surface area contributed by atoms with Crippen molar-refractivity contribution in [3.8, 4) is 0 Å². The fourth-order valence-electron chi connectivity index (χ4n) is 2.62. The first kappa shape index (κ1) is 18.1. The summed E-state index contributed by atoms with van der Waals surface area (Å²) in [6.45, 7) is 7.29. The first-order chi connectivity index (χ1) is 12.2. The molecule has 0 saturated heterocycles. The lowest BCUT2D eigenvalue weighted by atomic mass is 10.1. The van der Waals surface area contributed by atoms with Gasteiger partial charge in [0.25, 0.3) is 5.56 Å². The Morgan fingerprint density at radius 1 is 1.15 bits per heavy atom. The molecule has 0 atom stereocenters. The number of aryl methyl sites for hydroxylation is 1. The number of thiazole rings is 1. The highest BCUT2D eigenvalue weighted by molar-refractivity contribution is 7.15. The van der Waals surface area contributed by atoms with Crippen molar-refractivity contribution >= 4 is 22.1 Å². The van der Waals surface area contributed by atoms with Crippen molar-refractivity contribution in [3.05, 3.63) is 73.4 Å². The van der Waals surface area contributed by atoms with Gasteiger partial charge in [0.1, 0.15) is 10.4 Å². The van der Waals surface area contributed by atoms with Crippen molar-refractivity contribution in [1.82, 2.24) is 8.97 Å². The Kier molecular flexibility index (Phi) is 4.58. The maximum atomic E-state index is 12.6. The lowest BCUT2D eigenvalue weighted by Crippen LogP contribution is -2.38. The van der Waals surface area contributed by atoms with E-state index in [2.05, 4.69) is 0 Å². The molecule has 3 rings (SSSR count). The second-order valence-electron chi connectivity index (χ2n) is 7.08. The Labute approximate surface area is 154 Å². The van der Waals surface area contributed by atoms with Gasteiger partial charge in [-0.1, -0.05) is 12.1 Å². The molecule has 0 bridgehead atoms. The van der Waals surface area contributed by atoms with Gasteiger partial charge in [0, 0.05) is 17.1 Å². The lowest BCUT2D eigenvalue weighted by molar-refractivity contribution is 0.00695. The molecule has 6 nitrogen and oxygen atoms in total. The van der Waals surface area contributed by atoms with Crippen LogP contribution in [0.4, 0.5) is 0 Å². The van der Waals surface area contributed by atoms with Crippen molar-refractivity contribution in [2.45, 2.75) is 39.8 Å². The van der Waals surface area contributed by atoms with E-state index >= 15 is 0 Å². The van der Waals surface area contributed by atoms with E-state index in [0.717, 1.165) is 5.56 Å². The molecule has 0 fully saturated rings. The number of esters is 1. The average molecular weight is 372 g/mol. The van der Waals surface area contributed by atoms with Crippen molar-refractivity contribution in [2.75, 3.05) is 0 Å². The number of benzene rings is 1. The number of aromatic nitrogens is 2. The first-order valence-electron chi connectivity index (χ1n) is 8.19. The van der Waals surface area contributed by atoms with Crippen molar-refractivity contribution < 1.29 is 9.53 Å². The van der Waals surface area contributed by atoms with Crippen molar-refractivity contribution in [2.24, 2.45) is 0 Å². The number of carbonyl (C=O) groups excluding carboxylic acids is 1. The second-order valence-corrected chi connectivity index (χ2v) is 7.97. The fraction of sp³-hybridized carbons (Fsp3) is 0.316. The molecule has 0 radical (unpaired) electrons. The summed E-state index contributed by atoms with van der Waals surface area (Å²) in [7, 11) is 0. The number of fused-ring (bicyclic) bond motifs is 1. The van der Waals surface area contributed by atoms with Crippen LogP contribution in [0.1, 0.15) is 42.3 Å². The molecule has 136 valence electrons. The SMILES string of the molecule is Cc1c(=O)n(Cc2ccc(C(=O)OC(C)(C)C)cc2)c(=O)n2ccsc12. The summed E-state index contributed by atoms with van der Waals surface area (Å²) < 4.78 is 8.02. The summed E-state index contributed by atoms with van der Waals surface area (Å²) in [5.41, 5.74) is 0.501. The predicted molar refractivity (Wildman–Crippen MR) is 101 cm³/mol. The van der Waals surface area contributed by atoms with Crippen LogP contribution in [0.2, 0.25) is 0 Å². The summed E-state index contributed by atoms with van der Waals surface area (Å²) in [4.78, 5) is 37.8. The van der Waals surface area contributed by atoms with Gasteiger partial charge in [-0.25, -0.2) is 9.59 Å². The van der Waals surface area contributed by atoms with Gasteiger partial charge in [-0.3, -0.25) is 13.8 Å². The van der Waals surface area contributed by atoms with Crippen LogP contribution in [-0.4, -0.2) is 20.5 Å². The Balaban J connectivity index is 1.91. The quantitative estimate of drug-likeness (QED) is 0.663. The standard InChI is InChI=1S/C19H20N2O4S/c1-12-15(22)21(18(24)20-9-10-26-16(12)20)11-13-5-7-14(8-6-13)17(23)25-19(2,3)4/h5-10H,11H2,1-4H3. The van der Waals surface area contributed by atoms with E-state index in [1.165, 1.54) is 20.3 Å². The number of ether oxygens (including phenoxy) is 1. The van der Waals surface area contributed by atoms with Crippen molar-refractivity contribution in [3.63, 3.8) is 0 Å². The monoisotopic (exact) mass is 372 g/mol. The minimum atomic E-state index is -0.564. The molecule has 0 saturated carbocycles. The van der Waals surface area contributed by atoms with Gasteiger partial charge in [-0.15, -0.1) is 11.3 Å². The van der Waals surface area contributed by atoms with E-state index < -0.39 is 11.6 Å². The Morgan fingerprint density at radius 2 is 1.81 bits per heavy atom. The topological polar surface area (TPSA) is 69.8 Å². The third kappa shape index (κ3) is 3.48. The maximum absolute atomic E-state index is 12.6. The minimum Gasteiger partial charge on any atom is -0.456 e. The number of hydrogen-bond acceptors (Lipinski definition) is 5. The molecule has 2 heterocycles. The van der Waals surface area contributed by atoms with Crippen molar-refractivity contribution in [1.29, 1.82) is 0 Å². The van der Waals surface area contributed by atoms with Gasteiger partial charge in [0.2, 0.25) is 0 Å². The Bertz CT molecular complexity index is 1080. The predicted octanol–water partition coefficient (Wildman–Crippen LogP) is 2.83. The summed E-state index contributed by atoms with van der Waals surface area (Å²) in [5.74, 6) is -0.406. The highest BCUT2D eigenvalue weighted by atomic mass is 32.1. The Morgan fingerprint density at radius 3 is 2.42 bits per heavy atom. The first-order valence-corrected chi connectivity index (χ1v) is 9.07. The number of hydrogen-bond donors (Lipinski definition) is 0. The zero-order valence-electron chi connectivity index (χ0n) is 15.1. The lowest BCUT2D eigenvalue weighted by Gasteiger charge is -2.19.